The average Bonchev–Trinajstić information content (AvgIpc) is 2.37. The van der Waals surface area contributed by atoms with Crippen LogP contribution in [-0.4, -0.2) is 17.5 Å². The molecule has 0 saturated carbocycles. The van der Waals surface area contributed by atoms with Gasteiger partial charge in [0.1, 0.15) is 0 Å². The molecule has 1 aromatic rings. The summed E-state index contributed by atoms with van der Waals surface area (Å²) in [4.78, 5) is 26.8. The smallest absolute Gasteiger partial charge is 0.306 e. The summed E-state index contributed by atoms with van der Waals surface area (Å²) in [7, 11) is 0. The van der Waals surface area contributed by atoms with Gasteiger partial charge in [0, 0.05) is 5.69 Å². The van der Waals surface area contributed by atoms with Crippen LogP contribution in [0.25, 0.3) is 0 Å². The Morgan fingerprint density at radius 3 is 2.42 bits per heavy atom. The SMILES string of the molecule is CC1=CC(=NC(=O)Nc2ccc(C)cc2)C=CC1=O. The Morgan fingerprint density at radius 2 is 1.79 bits per heavy atom. The molecule has 0 bridgehead atoms. The summed E-state index contributed by atoms with van der Waals surface area (Å²) >= 11 is 0. The van der Waals surface area contributed by atoms with Crippen molar-refractivity contribution in [3.05, 3.63) is 53.6 Å². The van der Waals surface area contributed by atoms with Crippen LogP contribution in [0.2, 0.25) is 0 Å². The van der Waals surface area contributed by atoms with E-state index in [-0.39, 0.29) is 5.78 Å². The van der Waals surface area contributed by atoms with Crippen LogP contribution in [0.1, 0.15) is 12.5 Å². The van der Waals surface area contributed by atoms with Gasteiger partial charge in [0.25, 0.3) is 0 Å². The maximum absolute atomic E-state index is 11.7. The number of rotatable bonds is 1. The van der Waals surface area contributed by atoms with E-state index in [1.165, 1.54) is 12.2 Å². The summed E-state index contributed by atoms with van der Waals surface area (Å²) in [6, 6.07) is 6.99. The van der Waals surface area contributed by atoms with Crippen LogP contribution in [0.3, 0.4) is 0 Å². The highest BCUT2D eigenvalue weighted by Crippen LogP contribution is 2.10. The third-order valence-electron chi connectivity index (χ3n) is 2.69. The van der Waals surface area contributed by atoms with Gasteiger partial charge < -0.3 is 5.32 Å². The summed E-state index contributed by atoms with van der Waals surface area (Å²) in [6.07, 6.45) is 4.54. The summed E-state index contributed by atoms with van der Waals surface area (Å²) in [6.45, 7) is 3.67. The van der Waals surface area contributed by atoms with Crippen molar-refractivity contribution in [1.29, 1.82) is 0 Å². The van der Waals surface area contributed by atoms with Crippen LogP contribution < -0.4 is 5.32 Å². The zero-order valence-corrected chi connectivity index (χ0v) is 10.8. The second-order valence-electron chi connectivity index (χ2n) is 4.36. The van der Waals surface area contributed by atoms with E-state index in [2.05, 4.69) is 10.3 Å². The van der Waals surface area contributed by atoms with Gasteiger partial charge in [-0.2, -0.15) is 4.99 Å². The predicted octanol–water partition coefficient (Wildman–Crippen LogP) is 3.05. The Hall–Kier alpha value is -2.49. The number of aryl methyl sites for hydroxylation is 1. The molecule has 0 aromatic heterocycles. The molecule has 0 saturated heterocycles. The summed E-state index contributed by atoms with van der Waals surface area (Å²) in [5, 5.41) is 2.67. The molecule has 0 unspecified atom stereocenters. The highest BCUT2D eigenvalue weighted by atomic mass is 16.2. The van der Waals surface area contributed by atoms with Crippen molar-refractivity contribution in [3.8, 4) is 0 Å². The van der Waals surface area contributed by atoms with Crippen molar-refractivity contribution in [1.82, 2.24) is 0 Å². The number of amides is 2. The lowest BCUT2D eigenvalue weighted by atomic mass is 10.1. The van der Waals surface area contributed by atoms with Crippen LogP contribution in [0, 0.1) is 6.92 Å². The molecule has 0 fully saturated rings. The van der Waals surface area contributed by atoms with Gasteiger partial charge in [-0.1, -0.05) is 17.7 Å². The van der Waals surface area contributed by atoms with Crippen molar-refractivity contribution in [3.63, 3.8) is 0 Å². The molecule has 2 rings (SSSR count). The molecule has 4 nitrogen and oxygen atoms in total. The van der Waals surface area contributed by atoms with Gasteiger partial charge in [0.15, 0.2) is 5.78 Å². The molecule has 1 aliphatic carbocycles. The van der Waals surface area contributed by atoms with Crippen molar-refractivity contribution < 1.29 is 9.59 Å². The Balaban J connectivity index is 2.07. The minimum Gasteiger partial charge on any atom is -0.306 e. The Morgan fingerprint density at radius 1 is 1.11 bits per heavy atom. The maximum Gasteiger partial charge on any atom is 0.345 e. The summed E-state index contributed by atoms with van der Waals surface area (Å²) in [5.41, 5.74) is 2.86. The zero-order chi connectivity index (χ0) is 13.8. The van der Waals surface area contributed by atoms with Crippen LogP contribution in [0.5, 0.6) is 0 Å². The molecule has 96 valence electrons. The number of urea groups is 1. The Labute approximate surface area is 111 Å². The van der Waals surface area contributed by atoms with Gasteiger partial charge in [0.2, 0.25) is 0 Å². The van der Waals surface area contributed by atoms with Gasteiger partial charge in [0.05, 0.1) is 5.71 Å². The second-order valence-corrected chi connectivity index (χ2v) is 4.36. The Kier molecular flexibility index (Phi) is 3.71. The summed E-state index contributed by atoms with van der Waals surface area (Å²) < 4.78 is 0. The first-order chi connectivity index (χ1) is 9.04. The van der Waals surface area contributed by atoms with E-state index in [4.69, 9.17) is 0 Å². The molecule has 0 radical (unpaired) electrons. The monoisotopic (exact) mass is 254 g/mol. The molecule has 4 heteroatoms. The number of hydrogen-bond donors (Lipinski definition) is 1. The van der Waals surface area contributed by atoms with Gasteiger partial charge in [-0.25, -0.2) is 4.79 Å². The minimum atomic E-state index is -0.457. The number of anilines is 1. The number of nitrogens with zero attached hydrogens (tertiary/aromatic N) is 1. The van der Waals surface area contributed by atoms with Crippen molar-refractivity contribution in [2.24, 2.45) is 4.99 Å². The molecule has 1 N–H and O–H groups in total. The van der Waals surface area contributed by atoms with Crippen LogP contribution >= 0.6 is 0 Å². The van der Waals surface area contributed by atoms with E-state index >= 15 is 0 Å². The number of nitrogens with one attached hydrogen (secondary N) is 1. The normalized spacial score (nSPS) is 16.4. The molecule has 1 aliphatic rings. The van der Waals surface area contributed by atoms with E-state index in [0.717, 1.165) is 5.56 Å². The van der Waals surface area contributed by atoms with Gasteiger partial charge in [-0.05, 0) is 49.8 Å². The Bertz CT molecular complexity index is 608. The molecule has 0 aliphatic heterocycles. The fraction of sp³-hybridized carbons (Fsp3) is 0.133. The molecule has 0 heterocycles. The third kappa shape index (κ3) is 3.48. The number of allylic oxidation sites excluding steroid dienone is 4. The molecule has 19 heavy (non-hydrogen) atoms. The van der Waals surface area contributed by atoms with Crippen LogP contribution in [0.15, 0.2) is 53.1 Å². The van der Waals surface area contributed by atoms with Gasteiger partial charge in [-0.15, -0.1) is 0 Å². The third-order valence-corrected chi connectivity index (χ3v) is 2.69. The van der Waals surface area contributed by atoms with E-state index in [0.29, 0.717) is 17.0 Å². The average molecular weight is 254 g/mol. The van der Waals surface area contributed by atoms with Crippen LogP contribution in [0.4, 0.5) is 10.5 Å². The number of hydrogen-bond acceptors (Lipinski definition) is 2. The maximum atomic E-state index is 11.7. The lowest BCUT2D eigenvalue weighted by Crippen LogP contribution is -2.11. The minimum absolute atomic E-state index is 0.0575. The van der Waals surface area contributed by atoms with Crippen molar-refractivity contribution >= 4 is 23.2 Å². The number of benzene rings is 1. The highest BCUT2D eigenvalue weighted by Gasteiger charge is 2.08. The largest absolute Gasteiger partial charge is 0.345 e. The molecule has 2 amide bonds. The van der Waals surface area contributed by atoms with E-state index in [1.54, 1.807) is 13.0 Å². The number of aliphatic imine (C=N–C) groups is 1. The molecule has 0 spiro atoms. The first-order valence-corrected chi connectivity index (χ1v) is 5.91. The second kappa shape index (κ2) is 5.44. The lowest BCUT2D eigenvalue weighted by molar-refractivity contribution is -0.111. The molecular formula is C15H14N2O2. The number of ketones is 1. The fourth-order valence-corrected chi connectivity index (χ4v) is 1.61. The van der Waals surface area contributed by atoms with Crippen molar-refractivity contribution in [2.75, 3.05) is 5.32 Å². The van der Waals surface area contributed by atoms with Crippen LogP contribution in [-0.2, 0) is 4.79 Å². The lowest BCUT2D eigenvalue weighted by Gasteiger charge is -2.05. The fourth-order valence-electron chi connectivity index (χ4n) is 1.61. The van der Waals surface area contributed by atoms with E-state index in [9.17, 15) is 9.59 Å². The number of carbonyl (C=O) groups is 2. The highest BCUT2D eigenvalue weighted by molar-refractivity contribution is 6.21. The quantitative estimate of drug-likeness (QED) is 0.783. The predicted molar refractivity (Wildman–Crippen MR) is 75.5 cm³/mol. The van der Waals surface area contributed by atoms with E-state index in [1.807, 2.05) is 31.2 Å². The first-order valence-electron chi connectivity index (χ1n) is 5.91. The molecular weight excluding hydrogens is 240 g/mol. The number of carbonyl (C=O) groups excluding carboxylic acids is 2. The summed E-state index contributed by atoms with van der Waals surface area (Å²) in [5.74, 6) is -0.0575. The van der Waals surface area contributed by atoms with Crippen molar-refractivity contribution in [2.45, 2.75) is 13.8 Å². The van der Waals surface area contributed by atoms with Gasteiger partial charge >= 0.3 is 6.03 Å². The van der Waals surface area contributed by atoms with Gasteiger partial charge in [-0.3, -0.25) is 4.79 Å². The first kappa shape index (κ1) is 13.0. The zero-order valence-electron chi connectivity index (χ0n) is 10.8. The molecule has 0 atom stereocenters. The molecule has 1 aromatic carbocycles. The topological polar surface area (TPSA) is 58.5 Å². The van der Waals surface area contributed by atoms with E-state index < -0.39 is 6.03 Å². The standard InChI is InChI=1S/C15H14N2O2/c1-10-3-5-12(6-4-10)16-15(19)17-13-7-8-14(18)11(2)9-13/h3-9H,1-2H3,(H,16,19).